The molecule has 0 aliphatic heterocycles. The van der Waals surface area contributed by atoms with Gasteiger partial charge in [0.1, 0.15) is 0 Å². The van der Waals surface area contributed by atoms with Crippen LogP contribution in [0.5, 0.6) is 0 Å². The summed E-state index contributed by atoms with van der Waals surface area (Å²) in [5.74, 6) is 0. The molecule has 0 spiro atoms. The third-order valence-electron chi connectivity index (χ3n) is 2.41. The van der Waals surface area contributed by atoms with E-state index in [1.165, 1.54) is 15.4 Å². The highest BCUT2D eigenvalue weighted by molar-refractivity contribution is 7.11. The molecule has 0 unspecified atom stereocenters. The average molecular weight is 252 g/mol. The number of thiazole rings is 1. The number of nitrogens with zero attached hydrogens (tertiary/aromatic N) is 2. The van der Waals surface area contributed by atoms with Crippen molar-refractivity contribution in [2.24, 2.45) is 0 Å². The van der Waals surface area contributed by atoms with Gasteiger partial charge in [0.15, 0.2) is 0 Å². The largest absolute Gasteiger partial charge is 0.295 e. The van der Waals surface area contributed by atoms with E-state index in [0.717, 1.165) is 19.5 Å². The predicted molar refractivity (Wildman–Crippen MR) is 71.0 cm³/mol. The zero-order chi connectivity index (χ0) is 11.4. The van der Waals surface area contributed by atoms with Gasteiger partial charge in [0, 0.05) is 28.2 Å². The van der Waals surface area contributed by atoms with Gasteiger partial charge in [0.2, 0.25) is 0 Å². The van der Waals surface area contributed by atoms with Crippen molar-refractivity contribution >= 4 is 22.7 Å². The molecule has 16 heavy (non-hydrogen) atoms. The summed E-state index contributed by atoms with van der Waals surface area (Å²) in [5, 5.41) is 2.11. The SMILES string of the molecule is CCc1ccc(CN(C)Cc2cscn2)s1. The maximum Gasteiger partial charge on any atom is 0.0795 e. The Balaban J connectivity index is 1.89. The third kappa shape index (κ3) is 3.14. The second kappa shape index (κ2) is 5.57. The van der Waals surface area contributed by atoms with Gasteiger partial charge in [-0.25, -0.2) is 4.98 Å². The number of aromatic nitrogens is 1. The van der Waals surface area contributed by atoms with Crippen molar-refractivity contribution in [1.29, 1.82) is 0 Å². The van der Waals surface area contributed by atoms with E-state index in [-0.39, 0.29) is 0 Å². The predicted octanol–water partition coefficient (Wildman–Crippen LogP) is 3.40. The molecule has 0 aliphatic carbocycles. The van der Waals surface area contributed by atoms with E-state index in [4.69, 9.17) is 0 Å². The molecule has 0 aromatic carbocycles. The van der Waals surface area contributed by atoms with E-state index < -0.39 is 0 Å². The lowest BCUT2D eigenvalue weighted by Gasteiger charge is -2.13. The van der Waals surface area contributed by atoms with E-state index in [1.54, 1.807) is 11.3 Å². The van der Waals surface area contributed by atoms with E-state index >= 15 is 0 Å². The number of thiophene rings is 1. The van der Waals surface area contributed by atoms with Crippen molar-refractivity contribution in [3.05, 3.63) is 38.5 Å². The third-order valence-corrected chi connectivity index (χ3v) is 4.26. The van der Waals surface area contributed by atoms with Crippen molar-refractivity contribution in [1.82, 2.24) is 9.88 Å². The Bertz CT molecular complexity index is 420. The molecule has 4 heteroatoms. The van der Waals surface area contributed by atoms with Crippen molar-refractivity contribution in [3.63, 3.8) is 0 Å². The summed E-state index contributed by atoms with van der Waals surface area (Å²) >= 11 is 3.57. The maximum absolute atomic E-state index is 4.30. The first-order valence-electron chi connectivity index (χ1n) is 5.41. The smallest absolute Gasteiger partial charge is 0.0795 e. The molecule has 2 heterocycles. The molecular weight excluding hydrogens is 236 g/mol. The first kappa shape index (κ1) is 11.8. The van der Waals surface area contributed by atoms with Gasteiger partial charge in [-0.2, -0.15) is 0 Å². The molecule has 0 fully saturated rings. The lowest BCUT2D eigenvalue weighted by molar-refractivity contribution is 0.318. The van der Waals surface area contributed by atoms with Crippen LogP contribution in [0.15, 0.2) is 23.0 Å². The molecule has 0 amide bonds. The van der Waals surface area contributed by atoms with Crippen molar-refractivity contribution in [3.8, 4) is 0 Å². The molecule has 0 saturated heterocycles. The molecule has 0 aliphatic rings. The van der Waals surface area contributed by atoms with Gasteiger partial charge in [-0.3, -0.25) is 4.90 Å². The molecule has 2 aromatic rings. The fourth-order valence-corrected chi connectivity index (χ4v) is 3.20. The Labute approximate surface area is 105 Å². The quantitative estimate of drug-likeness (QED) is 0.811. The van der Waals surface area contributed by atoms with Crippen molar-refractivity contribution in [2.75, 3.05) is 7.05 Å². The maximum atomic E-state index is 4.30. The minimum atomic E-state index is 0.933. The van der Waals surface area contributed by atoms with E-state index in [0.29, 0.717) is 0 Å². The minimum absolute atomic E-state index is 0.933. The summed E-state index contributed by atoms with van der Waals surface area (Å²) in [6.45, 7) is 4.15. The summed E-state index contributed by atoms with van der Waals surface area (Å²) < 4.78 is 0. The Morgan fingerprint density at radius 2 is 2.06 bits per heavy atom. The first-order chi connectivity index (χ1) is 7.78. The fourth-order valence-electron chi connectivity index (χ4n) is 1.61. The van der Waals surface area contributed by atoms with Gasteiger partial charge in [-0.15, -0.1) is 22.7 Å². The molecule has 0 bridgehead atoms. The number of hydrogen-bond donors (Lipinski definition) is 0. The summed E-state index contributed by atoms with van der Waals surface area (Å²) in [5.41, 5.74) is 3.06. The second-order valence-electron chi connectivity index (χ2n) is 3.87. The molecule has 2 aromatic heterocycles. The van der Waals surface area contributed by atoms with Crippen LogP contribution in [-0.4, -0.2) is 16.9 Å². The number of aryl methyl sites for hydroxylation is 1. The summed E-state index contributed by atoms with van der Waals surface area (Å²) in [7, 11) is 2.14. The highest BCUT2D eigenvalue weighted by Crippen LogP contribution is 2.19. The highest BCUT2D eigenvalue weighted by atomic mass is 32.1. The monoisotopic (exact) mass is 252 g/mol. The lowest BCUT2D eigenvalue weighted by atomic mass is 10.3. The van der Waals surface area contributed by atoms with Crippen LogP contribution in [0.3, 0.4) is 0 Å². The second-order valence-corrected chi connectivity index (χ2v) is 5.85. The van der Waals surface area contributed by atoms with Crippen molar-refractivity contribution in [2.45, 2.75) is 26.4 Å². The number of rotatable bonds is 5. The van der Waals surface area contributed by atoms with Gasteiger partial charge in [-0.05, 0) is 25.6 Å². The molecule has 0 N–H and O–H groups in total. The topological polar surface area (TPSA) is 16.1 Å². The zero-order valence-corrected chi connectivity index (χ0v) is 11.3. The lowest BCUT2D eigenvalue weighted by Crippen LogP contribution is -2.16. The van der Waals surface area contributed by atoms with Crippen LogP contribution in [0.1, 0.15) is 22.4 Å². The van der Waals surface area contributed by atoms with Gasteiger partial charge in [-0.1, -0.05) is 6.92 Å². The van der Waals surface area contributed by atoms with E-state index in [9.17, 15) is 0 Å². The summed E-state index contributed by atoms with van der Waals surface area (Å²) in [4.78, 5) is 9.51. The van der Waals surface area contributed by atoms with Crippen LogP contribution >= 0.6 is 22.7 Å². The molecule has 0 atom stereocenters. The Morgan fingerprint density at radius 3 is 2.69 bits per heavy atom. The van der Waals surface area contributed by atoms with Gasteiger partial charge in [0.25, 0.3) is 0 Å². The van der Waals surface area contributed by atoms with E-state index in [1.807, 2.05) is 16.8 Å². The average Bonchev–Trinajstić information content (AvgIpc) is 2.89. The van der Waals surface area contributed by atoms with Gasteiger partial charge >= 0.3 is 0 Å². The van der Waals surface area contributed by atoms with Crippen LogP contribution < -0.4 is 0 Å². The van der Waals surface area contributed by atoms with Crippen LogP contribution in [0.2, 0.25) is 0 Å². The highest BCUT2D eigenvalue weighted by Gasteiger charge is 2.05. The summed E-state index contributed by atoms with van der Waals surface area (Å²) in [6.07, 6.45) is 1.14. The van der Waals surface area contributed by atoms with Crippen molar-refractivity contribution < 1.29 is 0 Å². The molecule has 2 nitrogen and oxygen atoms in total. The first-order valence-corrected chi connectivity index (χ1v) is 7.17. The molecule has 2 rings (SSSR count). The van der Waals surface area contributed by atoms with Crippen LogP contribution in [0, 0.1) is 0 Å². The van der Waals surface area contributed by atoms with Gasteiger partial charge in [0.05, 0.1) is 11.2 Å². The minimum Gasteiger partial charge on any atom is -0.295 e. The molecule has 86 valence electrons. The Morgan fingerprint density at radius 1 is 1.25 bits per heavy atom. The van der Waals surface area contributed by atoms with Gasteiger partial charge < -0.3 is 0 Å². The summed E-state index contributed by atoms with van der Waals surface area (Å²) in [6, 6.07) is 4.47. The normalized spacial score (nSPS) is 11.2. The standard InChI is InChI=1S/C12H16N2S2/c1-3-11-4-5-12(16-11)7-14(2)6-10-8-15-9-13-10/h4-5,8-9H,3,6-7H2,1-2H3. The fraction of sp³-hybridized carbons (Fsp3) is 0.417. The van der Waals surface area contributed by atoms with Crippen LogP contribution in [0.4, 0.5) is 0 Å². The van der Waals surface area contributed by atoms with Crippen LogP contribution in [-0.2, 0) is 19.5 Å². The Kier molecular flexibility index (Phi) is 4.09. The number of hydrogen-bond acceptors (Lipinski definition) is 4. The zero-order valence-electron chi connectivity index (χ0n) is 9.64. The molecule has 0 radical (unpaired) electrons. The molecule has 0 saturated carbocycles. The van der Waals surface area contributed by atoms with Crippen LogP contribution in [0.25, 0.3) is 0 Å². The van der Waals surface area contributed by atoms with E-state index in [2.05, 4.69) is 41.4 Å². The Hall–Kier alpha value is -0.710. The molecular formula is C12H16N2S2.